The highest BCUT2D eigenvalue weighted by atomic mass is 16.5. The average molecular weight is 322 g/mol. The van der Waals surface area contributed by atoms with Gasteiger partial charge in [0.1, 0.15) is 5.69 Å². The van der Waals surface area contributed by atoms with E-state index in [1.807, 2.05) is 25.7 Å². The normalized spacial score (nSPS) is 22.3. The summed E-state index contributed by atoms with van der Waals surface area (Å²) in [5.41, 5.74) is -0.291. The van der Waals surface area contributed by atoms with Crippen LogP contribution in [0.1, 0.15) is 31.3 Å². The maximum absolute atomic E-state index is 12.0. The van der Waals surface area contributed by atoms with E-state index in [4.69, 9.17) is 4.74 Å². The van der Waals surface area contributed by atoms with Crippen LogP contribution >= 0.6 is 0 Å². The van der Waals surface area contributed by atoms with Gasteiger partial charge in [0.05, 0.1) is 11.8 Å². The molecule has 8 nitrogen and oxygen atoms in total. The van der Waals surface area contributed by atoms with Gasteiger partial charge in [0.15, 0.2) is 6.10 Å². The summed E-state index contributed by atoms with van der Waals surface area (Å²) >= 11 is 0. The number of rotatable bonds is 5. The van der Waals surface area contributed by atoms with E-state index in [0.29, 0.717) is 19.6 Å². The number of carboxylic acids is 1. The third-order valence-electron chi connectivity index (χ3n) is 3.47. The molecule has 0 aliphatic carbocycles. The van der Waals surface area contributed by atoms with Crippen molar-refractivity contribution in [1.82, 2.24) is 20.2 Å². The van der Waals surface area contributed by atoms with Gasteiger partial charge in [-0.05, 0) is 20.8 Å². The van der Waals surface area contributed by atoms with E-state index >= 15 is 0 Å². The molecule has 1 aliphatic heterocycles. The van der Waals surface area contributed by atoms with Gasteiger partial charge < -0.3 is 15.2 Å². The average Bonchev–Trinajstić information content (AvgIpc) is 2.46. The summed E-state index contributed by atoms with van der Waals surface area (Å²) < 4.78 is 5.55. The number of morpholine rings is 1. The van der Waals surface area contributed by atoms with Crippen molar-refractivity contribution < 1.29 is 19.4 Å². The standard InChI is InChI=1S/C15H22N4O4/c1-10(18-13(20)11-6-16-4-5-17-11)7-19-8-12(14(21)22)23-15(2,3)9-19/h4-6,10,12H,7-9H2,1-3H3,(H,18,20)(H,21,22). The Labute approximate surface area is 134 Å². The van der Waals surface area contributed by atoms with E-state index < -0.39 is 17.7 Å². The van der Waals surface area contributed by atoms with Crippen molar-refractivity contribution in [2.75, 3.05) is 19.6 Å². The highest BCUT2D eigenvalue weighted by molar-refractivity contribution is 5.92. The van der Waals surface area contributed by atoms with Crippen molar-refractivity contribution in [3.05, 3.63) is 24.3 Å². The number of hydrogen-bond acceptors (Lipinski definition) is 6. The number of carboxylic acid groups (broad SMARTS) is 1. The second-order valence-electron chi connectivity index (χ2n) is 6.36. The molecule has 0 aromatic carbocycles. The third-order valence-corrected chi connectivity index (χ3v) is 3.47. The van der Waals surface area contributed by atoms with E-state index in [1.54, 1.807) is 0 Å². The highest BCUT2D eigenvalue weighted by Crippen LogP contribution is 2.21. The summed E-state index contributed by atoms with van der Waals surface area (Å²) in [6.07, 6.45) is 3.51. The van der Waals surface area contributed by atoms with Gasteiger partial charge in [0.2, 0.25) is 0 Å². The first-order valence-electron chi connectivity index (χ1n) is 7.47. The van der Waals surface area contributed by atoms with Gasteiger partial charge in [0.25, 0.3) is 5.91 Å². The Kier molecular flexibility index (Phi) is 5.27. The minimum Gasteiger partial charge on any atom is -0.479 e. The lowest BCUT2D eigenvalue weighted by molar-refractivity contribution is -0.178. The topological polar surface area (TPSA) is 105 Å². The molecule has 1 aliphatic rings. The maximum Gasteiger partial charge on any atom is 0.334 e. The Hall–Kier alpha value is -2.06. The summed E-state index contributed by atoms with van der Waals surface area (Å²) in [7, 11) is 0. The van der Waals surface area contributed by atoms with Gasteiger partial charge in [0, 0.05) is 38.1 Å². The smallest absolute Gasteiger partial charge is 0.334 e. The predicted octanol–water partition coefficient (Wildman–Crippen LogP) is 0.159. The van der Waals surface area contributed by atoms with Gasteiger partial charge in [-0.1, -0.05) is 0 Å². The van der Waals surface area contributed by atoms with Gasteiger partial charge >= 0.3 is 5.97 Å². The molecular formula is C15H22N4O4. The van der Waals surface area contributed by atoms with Crippen LogP contribution in [0.15, 0.2) is 18.6 Å². The van der Waals surface area contributed by atoms with Crippen LogP contribution in [0.3, 0.4) is 0 Å². The largest absolute Gasteiger partial charge is 0.479 e. The van der Waals surface area contributed by atoms with E-state index in [9.17, 15) is 14.7 Å². The number of ether oxygens (including phenoxy) is 1. The molecule has 0 bridgehead atoms. The molecule has 0 radical (unpaired) electrons. The molecule has 2 atom stereocenters. The molecule has 1 aromatic rings. The van der Waals surface area contributed by atoms with Gasteiger partial charge in [-0.2, -0.15) is 0 Å². The van der Waals surface area contributed by atoms with Crippen molar-refractivity contribution in [3.8, 4) is 0 Å². The Morgan fingerprint density at radius 1 is 1.52 bits per heavy atom. The van der Waals surface area contributed by atoms with E-state index in [1.165, 1.54) is 18.6 Å². The zero-order chi connectivity index (χ0) is 17.0. The summed E-state index contributed by atoms with van der Waals surface area (Å²) in [5.74, 6) is -1.27. The molecule has 1 amide bonds. The highest BCUT2D eigenvalue weighted by Gasteiger charge is 2.37. The molecule has 2 rings (SSSR count). The number of aliphatic carboxylic acids is 1. The van der Waals surface area contributed by atoms with Crippen molar-refractivity contribution in [1.29, 1.82) is 0 Å². The van der Waals surface area contributed by atoms with Gasteiger partial charge in [-0.15, -0.1) is 0 Å². The lowest BCUT2D eigenvalue weighted by atomic mass is 10.0. The van der Waals surface area contributed by atoms with Crippen molar-refractivity contribution in [3.63, 3.8) is 0 Å². The number of aromatic nitrogens is 2. The van der Waals surface area contributed by atoms with Crippen molar-refractivity contribution in [2.45, 2.75) is 38.5 Å². The van der Waals surface area contributed by atoms with E-state index in [-0.39, 0.29) is 17.6 Å². The maximum atomic E-state index is 12.0. The molecule has 126 valence electrons. The molecule has 2 unspecified atom stereocenters. The first kappa shape index (κ1) is 17.3. The first-order valence-corrected chi connectivity index (χ1v) is 7.47. The van der Waals surface area contributed by atoms with Crippen molar-refractivity contribution >= 4 is 11.9 Å². The van der Waals surface area contributed by atoms with Gasteiger partial charge in [-0.25, -0.2) is 9.78 Å². The van der Waals surface area contributed by atoms with E-state index in [0.717, 1.165) is 0 Å². The number of carbonyl (C=O) groups excluding carboxylic acids is 1. The zero-order valence-electron chi connectivity index (χ0n) is 13.5. The number of amides is 1. The number of nitrogens with one attached hydrogen (secondary N) is 1. The summed E-state index contributed by atoms with van der Waals surface area (Å²) in [6.45, 7) is 7.01. The first-order chi connectivity index (χ1) is 10.8. The lowest BCUT2D eigenvalue weighted by Gasteiger charge is -2.42. The Balaban J connectivity index is 1.92. The Morgan fingerprint density at radius 2 is 2.26 bits per heavy atom. The van der Waals surface area contributed by atoms with Crippen LogP contribution in [0.4, 0.5) is 0 Å². The van der Waals surface area contributed by atoms with Gasteiger partial charge in [-0.3, -0.25) is 14.7 Å². The molecule has 1 aromatic heterocycles. The molecule has 23 heavy (non-hydrogen) atoms. The fourth-order valence-electron chi connectivity index (χ4n) is 2.71. The number of hydrogen-bond donors (Lipinski definition) is 2. The predicted molar refractivity (Wildman–Crippen MR) is 82.0 cm³/mol. The Bertz CT molecular complexity index is 564. The van der Waals surface area contributed by atoms with E-state index in [2.05, 4.69) is 15.3 Å². The minimum absolute atomic E-state index is 0.159. The summed E-state index contributed by atoms with van der Waals surface area (Å²) in [6, 6.07) is -0.159. The molecule has 1 fully saturated rings. The Morgan fingerprint density at radius 3 is 2.87 bits per heavy atom. The van der Waals surface area contributed by atoms with Crippen LogP contribution in [-0.2, 0) is 9.53 Å². The van der Waals surface area contributed by atoms with Crippen LogP contribution < -0.4 is 5.32 Å². The second kappa shape index (κ2) is 7.01. The fraction of sp³-hybridized carbons (Fsp3) is 0.600. The second-order valence-corrected chi connectivity index (χ2v) is 6.36. The van der Waals surface area contributed by atoms with Crippen molar-refractivity contribution in [2.24, 2.45) is 0 Å². The van der Waals surface area contributed by atoms with Crippen LogP contribution in [0.2, 0.25) is 0 Å². The van der Waals surface area contributed by atoms with Crippen LogP contribution in [0.25, 0.3) is 0 Å². The minimum atomic E-state index is -0.973. The molecule has 1 saturated heterocycles. The molecular weight excluding hydrogens is 300 g/mol. The van der Waals surface area contributed by atoms with Crippen LogP contribution in [0, 0.1) is 0 Å². The SMILES string of the molecule is CC(CN1CC(C(=O)O)OC(C)(C)C1)NC(=O)c1cnccn1. The summed E-state index contributed by atoms with van der Waals surface area (Å²) in [5, 5.41) is 12.0. The quantitative estimate of drug-likeness (QED) is 0.795. The molecule has 2 N–H and O–H groups in total. The molecule has 0 spiro atoms. The van der Waals surface area contributed by atoms with Crippen LogP contribution in [-0.4, -0.2) is 69.2 Å². The fourth-order valence-corrected chi connectivity index (χ4v) is 2.71. The molecule has 0 saturated carbocycles. The zero-order valence-corrected chi connectivity index (χ0v) is 13.5. The number of carbonyl (C=O) groups is 2. The molecule has 2 heterocycles. The third kappa shape index (κ3) is 4.97. The molecule has 8 heteroatoms. The number of nitrogens with zero attached hydrogens (tertiary/aromatic N) is 3. The summed E-state index contributed by atoms with van der Waals surface area (Å²) in [4.78, 5) is 33.0. The lowest BCUT2D eigenvalue weighted by Crippen LogP contribution is -2.57. The monoisotopic (exact) mass is 322 g/mol. The van der Waals surface area contributed by atoms with Crippen LogP contribution in [0.5, 0.6) is 0 Å².